The first-order chi connectivity index (χ1) is 15.5. The number of nitrogens with zero attached hydrogens (tertiary/aromatic N) is 1. The van der Waals surface area contributed by atoms with E-state index in [1.807, 2.05) is 12.1 Å². The number of hydrogen-bond acceptors (Lipinski definition) is 3. The van der Waals surface area contributed by atoms with E-state index in [0.29, 0.717) is 24.3 Å². The Morgan fingerprint density at radius 1 is 0.969 bits per heavy atom. The number of carbonyl (C=O) groups is 3. The smallest absolute Gasteiger partial charge is 0.321 e. The van der Waals surface area contributed by atoms with Crippen molar-refractivity contribution >= 4 is 34.1 Å². The highest BCUT2D eigenvalue weighted by Crippen LogP contribution is 2.34. The molecule has 1 saturated heterocycles. The van der Waals surface area contributed by atoms with E-state index < -0.39 is 0 Å². The average Bonchev–Trinajstić information content (AvgIpc) is 3.24. The van der Waals surface area contributed by atoms with E-state index in [2.05, 4.69) is 23.5 Å². The van der Waals surface area contributed by atoms with Gasteiger partial charge < -0.3 is 10.2 Å². The number of likely N-dealkylation sites (tertiary alicyclic amines) is 1. The summed E-state index contributed by atoms with van der Waals surface area (Å²) >= 11 is 0. The third-order valence-electron chi connectivity index (χ3n) is 6.74. The van der Waals surface area contributed by atoms with E-state index >= 15 is 0 Å². The zero-order chi connectivity index (χ0) is 22.2. The summed E-state index contributed by atoms with van der Waals surface area (Å²) in [5, 5.41) is 5.17. The van der Waals surface area contributed by atoms with Crippen LogP contribution in [0.2, 0.25) is 0 Å². The van der Waals surface area contributed by atoms with Crippen LogP contribution >= 0.6 is 0 Å². The molecular weight excluding hydrogens is 400 g/mol. The molecule has 1 N–H and O–H groups in total. The molecule has 0 spiro atoms. The van der Waals surface area contributed by atoms with Crippen molar-refractivity contribution in [3.8, 4) is 0 Å². The largest absolute Gasteiger partial charge is 0.324 e. The fourth-order valence-corrected chi connectivity index (χ4v) is 5.08. The van der Waals surface area contributed by atoms with Crippen LogP contribution in [0.1, 0.15) is 51.6 Å². The summed E-state index contributed by atoms with van der Waals surface area (Å²) in [6.45, 7) is 2.52. The van der Waals surface area contributed by atoms with E-state index in [0.717, 1.165) is 36.6 Å². The molecule has 0 saturated carbocycles. The van der Waals surface area contributed by atoms with Crippen molar-refractivity contribution in [1.82, 2.24) is 4.90 Å². The van der Waals surface area contributed by atoms with Gasteiger partial charge in [0.25, 0.3) is 0 Å². The Balaban J connectivity index is 1.34. The molecule has 1 aliphatic carbocycles. The number of anilines is 1. The lowest BCUT2D eigenvalue weighted by atomic mass is 9.87. The van der Waals surface area contributed by atoms with Crippen molar-refractivity contribution in [2.75, 3.05) is 18.4 Å². The molecule has 3 aromatic rings. The van der Waals surface area contributed by atoms with Gasteiger partial charge in [0.2, 0.25) is 0 Å². The van der Waals surface area contributed by atoms with Gasteiger partial charge in [-0.3, -0.25) is 9.59 Å². The average molecular weight is 427 g/mol. The maximum Gasteiger partial charge on any atom is 0.321 e. The van der Waals surface area contributed by atoms with Gasteiger partial charge in [0.05, 0.1) is 0 Å². The number of ketones is 2. The standard InChI is InChI=1S/C27H26N2O3/c1-17(30)20-6-2-8-22(15-20)28-27(32)29-14-4-7-21(16-29)26(31)24-13-12-19-11-10-18-5-3-9-23(24)25(18)19/h2-3,5-6,8-9,12-13,15,21H,4,7,10-11,14,16H2,1H3,(H,28,32)/t21-/m1/s1. The van der Waals surface area contributed by atoms with Crippen molar-refractivity contribution < 1.29 is 14.4 Å². The zero-order valence-electron chi connectivity index (χ0n) is 18.2. The summed E-state index contributed by atoms with van der Waals surface area (Å²) < 4.78 is 0. The Bertz CT molecular complexity index is 1240. The third-order valence-corrected chi connectivity index (χ3v) is 6.74. The van der Waals surface area contributed by atoms with Crippen LogP contribution in [0.5, 0.6) is 0 Å². The molecule has 1 fully saturated rings. The van der Waals surface area contributed by atoms with Crippen LogP contribution < -0.4 is 5.32 Å². The minimum absolute atomic E-state index is 0.0462. The first kappa shape index (κ1) is 20.4. The molecule has 1 aliphatic heterocycles. The quantitative estimate of drug-likeness (QED) is 0.578. The highest BCUT2D eigenvalue weighted by molar-refractivity contribution is 6.11. The van der Waals surface area contributed by atoms with Gasteiger partial charge in [-0.25, -0.2) is 4.79 Å². The van der Waals surface area contributed by atoms with Crippen molar-refractivity contribution in [2.45, 2.75) is 32.6 Å². The second kappa shape index (κ2) is 8.23. The Hall–Kier alpha value is -3.47. The third kappa shape index (κ3) is 3.68. The lowest BCUT2D eigenvalue weighted by molar-refractivity contribution is 0.0852. The highest BCUT2D eigenvalue weighted by atomic mass is 16.2. The number of piperidine rings is 1. The fraction of sp³-hybridized carbons (Fsp3) is 0.296. The number of hydrogen-bond donors (Lipinski definition) is 1. The van der Waals surface area contributed by atoms with Crippen molar-refractivity contribution in [3.63, 3.8) is 0 Å². The van der Waals surface area contributed by atoms with Crippen LogP contribution in [0.3, 0.4) is 0 Å². The van der Waals surface area contributed by atoms with E-state index in [9.17, 15) is 14.4 Å². The summed E-state index contributed by atoms with van der Waals surface area (Å²) in [7, 11) is 0. The molecule has 5 heteroatoms. The molecule has 0 unspecified atom stereocenters. The van der Waals surface area contributed by atoms with Crippen molar-refractivity contribution in [3.05, 3.63) is 76.9 Å². The normalized spacial score (nSPS) is 17.4. The molecular formula is C27H26N2O3. The van der Waals surface area contributed by atoms with Gasteiger partial charge in [-0.15, -0.1) is 0 Å². The Kier molecular flexibility index (Phi) is 5.25. The summed E-state index contributed by atoms with van der Waals surface area (Å²) in [4.78, 5) is 39.7. The van der Waals surface area contributed by atoms with Crippen LogP contribution in [0.15, 0.2) is 54.6 Å². The van der Waals surface area contributed by atoms with Crippen LogP contribution in [-0.2, 0) is 12.8 Å². The maximum atomic E-state index is 13.5. The monoisotopic (exact) mass is 426 g/mol. The predicted molar refractivity (Wildman–Crippen MR) is 125 cm³/mol. The van der Waals surface area contributed by atoms with Gasteiger partial charge in [0, 0.05) is 35.8 Å². The van der Waals surface area contributed by atoms with E-state index in [1.54, 1.807) is 29.2 Å². The number of urea groups is 1. The minimum Gasteiger partial charge on any atom is -0.324 e. The van der Waals surface area contributed by atoms with Gasteiger partial charge in [0.15, 0.2) is 11.6 Å². The number of Topliss-reactive ketones (excluding diaryl/α,β-unsaturated/α-hetero) is 2. The molecule has 3 aromatic carbocycles. The van der Waals surface area contributed by atoms with Crippen LogP contribution in [-0.4, -0.2) is 35.6 Å². The van der Waals surface area contributed by atoms with Crippen LogP contribution in [0.4, 0.5) is 10.5 Å². The molecule has 2 amide bonds. The summed E-state index contributed by atoms with van der Waals surface area (Å²) in [5.41, 5.74) is 4.56. The lowest BCUT2D eigenvalue weighted by Crippen LogP contribution is -2.44. The number of carbonyl (C=O) groups excluding carboxylic acids is 3. The maximum absolute atomic E-state index is 13.5. The zero-order valence-corrected chi connectivity index (χ0v) is 18.2. The van der Waals surface area contributed by atoms with Crippen molar-refractivity contribution in [1.29, 1.82) is 0 Å². The number of aryl methyl sites for hydroxylation is 2. The molecule has 5 nitrogen and oxygen atoms in total. The molecule has 162 valence electrons. The SMILES string of the molecule is CC(=O)c1cccc(NC(=O)N2CCC[C@@H](C(=O)c3ccc4c5c(cccc35)CC4)C2)c1. The highest BCUT2D eigenvalue weighted by Gasteiger charge is 2.30. The summed E-state index contributed by atoms with van der Waals surface area (Å²) in [6.07, 6.45) is 3.64. The molecule has 1 atom stereocenters. The van der Waals surface area contributed by atoms with Crippen molar-refractivity contribution in [2.24, 2.45) is 5.92 Å². The summed E-state index contributed by atoms with van der Waals surface area (Å²) in [5.74, 6) is -0.136. The number of rotatable bonds is 4. The Labute approximate surface area is 187 Å². The molecule has 0 aromatic heterocycles. The van der Waals surface area contributed by atoms with Gasteiger partial charge in [0.1, 0.15) is 0 Å². The van der Waals surface area contributed by atoms with Gasteiger partial charge in [-0.2, -0.15) is 0 Å². The number of benzene rings is 3. The lowest BCUT2D eigenvalue weighted by Gasteiger charge is -2.32. The number of nitrogens with one attached hydrogen (secondary N) is 1. The molecule has 1 heterocycles. The predicted octanol–water partition coefficient (Wildman–Crippen LogP) is 5.27. The second-order valence-electron chi connectivity index (χ2n) is 8.83. The molecule has 32 heavy (non-hydrogen) atoms. The van der Waals surface area contributed by atoms with Gasteiger partial charge >= 0.3 is 6.03 Å². The van der Waals surface area contributed by atoms with Gasteiger partial charge in [-0.05, 0) is 66.6 Å². The first-order valence-corrected chi connectivity index (χ1v) is 11.3. The Morgan fingerprint density at radius 3 is 2.56 bits per heavy atom. The fourth-order valence-electron chi connectivity index (χ4n) is 5.08. The first-order valence-electron chi connectivity index (χ1n) is 11.3. The van der Waals surface area contributed by atoms with E-state index in [1.165, 1.54) is 23.4 Å². The van der Waals surface area contributed by atoms with Gasteiger partial charge in [-0.1, -0.05) is 42.5 Å². The van der Waals surface area contributed by atoms with E-state index in [4.69, 9.17) is 0 Å². The number of amides is 2. The Morgan fingerprint density at radius 2 is 1.75 bits per heavy atom. The topological polar surface area (TPSA) is 66.5 Å². The molecule has 2 aliphatic rings. The van der Waals surface area contributed by atoms with Crippen LogP contribution in [0.25, 0.3) is 10.8 Å². The summed E-state index contributed by atoms with van der Waals surface area (Å²) in [6, 6.07) is 17.0. The second-order valence-corrected chi connectivity index (χ2v) is 8.83. The van der Waals surface area contributed by atoms with Crippen LogP contribution in [0, 0.1) is 5.92 Å². The minimum atomic E-state index is -0.233. The van der Waals surface area contributed by atoms with E-state index in [-0.39, 0.29) is 23.5 Å². The molecule has 0 bridgehead atoms. The molecule has 0 radical (unpaired) electrons. The molecule has 5 rings (SSSR count).